The molecule has 0 aliphatic carbocycles. The molecule has 0 amide bonds. The maximum atomic E-state index is 13.3. The fourth-order valence-corrected chi connectivity index (χ4v) is 4.67. The number of hydrogen-bond acceptors (Lipinski definition) is 10. The maximum Gasteiger partial charge on any atom is 0.342 e. The van der Waals surface area contributed by atoms with Crippen LogP contribution >= 0.6 is 11.7 Å². The van der Waals surface area contributed by atoms with Gasteiger partial charge in [0.1, 0.15) is 22.5 Å². The van der Waals surface area contributed by atoms with Crippen LogP contribution in [0, 0.1) is 0 Å². The summed E-state index contributed by atoms with van der Waals surface area (Å²) in [7, 11) is 4.51. The number of carbonyl (C=O) groups excluding carboxylic acids is 1. The Bertz CT molecular complexity index is 1470. The molecule has 10 heteroatoms. The Hall–Kier alpha value is -4.02. The lowest BCUT2D eigenvalue weighted by atomic mass is 9.87. The van der Waals surface area contributed by atoms with Gasteiger partial charge in [0.2, 0.25) is 5.88 Å². The van der Waals surface area contributed by atoms with Crippen LogP contribution in [0.3, 0.4) is 0 Å². The summed E-state index contributed by atoms with van der Waals surface area (Å²) in [6, 6.07) is 13.8. The third-order valence-corrected chi connectivity index (χ3v) is 6.42. The third kappa shape index (κ3) is 3.96. The van der Waals surface area contributed by atoms with E-state index < -0.39 is 11.8 Å². The average Bonchev–Trinajstić information content (AvgIpc) is 3.45. The van der Waals surface area contributed by atoms with Crippen LogP contribution in [0.25, 0.3) is 16.6 Å². The van der Waals surface area contributed by atoms with Gasteiger partial charge in [-0.05, 0) is 47.5 Å². The van der Waals surface area contributed by atoms with E-state index in [0.29, 0.717) is 34.0 Å². The van der Waals surface area contributed by atoms with Crippen LogP contribution in [0.4, 0.5) is 0 Å². The van der Waals surface area contributed by atoms with Crippen molar-refractivity contribution >= 4 is 34.3 Å². The Morgan fingerprint density at radius 2 is 1.80 bits per heavy atom. The highest BCUT2D eigenvalue weighted by molar-refractivity contribution is 7.00. The summed E-state index contributed by atoms with van der Waals surface area (Å²) in [6.45, 7) is 0. The van der Waals surface area contributed by atoms with E-state index in [2.05, 4.69) is 13.7 Å². The lowest BCUT2D eigenvalue weighted by Gasteiger charge is -2.27. The van der Waals surface area contributed by atoms with E-state index in [0.717, 1.165) is 22.8 Å². The van der Waals surface area contributed by atoms with Gasteiger partial charge in [0.05, 0.1) is 44.2 Å². The molecule has 5 rings (SSSR count). The lowest BCUT2D eigenvalue weighted by molar-refractivity contribution is -0.185. The second-order valence-corrected chi connectivity index (χ2v) is 8.33. The highest BCUT2D eigenvalue weighted by atomic mass is 32.1. The Balaban J connectivity index is 1.74. The van der Waals surface area contributed by atoms with Crippen LogP contribution in [0.1, 0.15) is 16.7 Å². The van der Waals surface area contributed by atoms with Crippen molar-refractivity contribution in [1.82, 2.24) is 13.7 Å². The Morgan fingerprint density at radius 1 is 0.971 bits per heavy atom. The number of hydrogen-bond donors (Lipinski definition) is 1. The smallest absolute Gasteiger partial charge is 0.342 e. The van der Waals surface area contributed by atoms with Crippen LogP contribution in [-0.4, -0.2) is 46.1 Å². The number of carbonyl (C=O) groups is 1. The van der Waals surface area contributed by atoms with Crippen LogP contribution in [-0.2, 0) is 21.7 Å². The summed E-state index contributed by atoms with van der Waals surface area (Å²) in [6.07, 6.45) is 1.77. The van der Waals surface area contributed by atoms with Gasteiger partial charge in [-0.3, -0.25) is 0 Å². The number of benzene rings is 2. The van der Waals surface area contributed by atoms with E-state index >= 15 is 0 Å². The van der Waals surface area contributed by atoms with Crippen molar-refractivity contribution in [2.75, 3.05) is 21.3 Å². The first-order chi connectivity index (χ1) is 17.0. The number of fused-ring (bicyclic) bond motifs is 1. The first-order valence-electron chi connectivity index (χ1n) is 10.6. The molecule has 9 nitrogen and oxygen atoms in total. The molecule has 0 radical (unpaired) electrons. The zero-order valence-corrected chi connectivity index (χ0v) is 20.0. The molecule has 3 heterocycles. The second kappa shape index (κ2) is 8.97. The van der Waals surface area contributed by atoms with Gasteiger partial charge in [-0.25, -0.2) is 9.78 Å². The number of cyclic esters (lactones) is 1. The largest absolute Gasteiger partial charge is 0.497 e. The number of pyridine rings is 1. The molecule has 2 aromatic carbocycles. The maximum absolute atomic E-state index is 13.3. The minimum Gasteiger partial charge on any atom is -0.497 e. The molecule has 2 aromatic heterocycles. The standard InChI is InChI=1S/C25H21N3O6S/c1-31-16-5-7-21(32-2)17(13-16)25(30)18(10-14-8-9-26-22(11-14)33-3)23(24(29)34-25)15-4-6-19-20(12-15)28-35-27-19/h4-9,11-13,30H,10H2,1-3H3. The summed E-state index contributed by atoms with van der Waals surface area (Å²) in [5.41, 5.74) is 3.51. The summed E-state index contributed by atoms with van der Waals surface area (Å²) in [5, 5.41) is 12.0. The SMILES string of the molecule is COc1ccc(OC)c(C2(O)OC(=O)C(c3ccc4nsnc4c3)=C2Cc2ccnc(OC)c2)c1. The van der Waals surface area contributed by atoms with Crippen molar-refractivity contribution in [2.24, 2.45) is 0 Å². The lowest BCUT2D eigenvalue weighted by Crippen LogP contribution is -2.30. The second-order valence-electron chi connectivity index (χ2n) is 7.80. The van der Waals surface area contributed by atoms with Crippen molar-refractivity contribution in [3.05, 3.63) is 77.0 Å². The normalized spacial score (nSPS) is 17.5. The number of ether oxygens (including phenoxy) is 4. The van der Waals surface area contributed by atoms with E-state index in [4.69, 9.17) is 18.9 Å². The fraction of sp³-hybridized carbons (Fsp3) is 0.200. The Morgan fingerprint density at radius 3 is 2.57 bits per heavy atom. The summed E-state index contributed by atoms with van der Waals surface area (Å²) >= 11 is 1.09. The highest BCUT2D eigenvalue weighted by Crippen LogP contribution is 2.48. The van der Waals surface area contributed by atoms with Crippen molar-refractivity contribution in [2.45, 2.75) is 12.2 Å². The van der Waals surface area contributed by atoms with E-state index in [9.17, 15) is 9.90 Å². The number of esters is 1. The van der Waals surface area contributed by atoms with Gasteiger partial charge < -0.3 is 24.1 Å². The number of aliphatic hydroxyl groups is 1. The first kappa shape index (κ1) is 22.8. The number of methoxy groups -OCH3 is 3. The first-order valence-corrected chi connectivity index (χ1v) is 11.3. The van der Waals surface area contributed by atoms with E-state index in [-0.39, 0.29) is 17.6 Å². The molecular formula is C25H21N3O6S. The molecule has 0 bridgehead atoms. The molecule has 1 aliphatic heterocycles. The highest BCUT2D eigenvalue weighted by Gasteiger charge is 2.50. The van der Waals surface area contributed by atoms with Crippen molar-refractivity contribution in [3.63, 3.8) is 0 Å². The molecule has 35 heavy (non-hydrogen) atoms. The van der Waals surface area contributed by atoms with E-state index in [1.54, 1.807) is 54.7 Å². The van der Waals surface area contributed by atoms with Crippen LogP contribution in [0.15, 0.2) is 60.3 Å². The van der Waals surface area contributed by atoms with Crippen molar-refractivity contribution in [3.8, 4) is 17.4 Å². The molecule has 0 saturated carbocycles. The third-order valence-electron chi connectivity index (χ3n) is 5.86. The number of rotatable bonds is 7. The predicted molar refractivity (Wildman–Crippen MR) is 128 cm³/mol. The van der Waals surface area contributed by atoms with E-state index in [1.807, 2.05) is 0 Å². The summed E-state index contributed by atoms with van der Waals surface area (Å²) in [5.74, 6) is -1.56. The topological polar surface area (TPSA) is 113 Å². The number of aromatic nitrogens is 3. The molecule has 1 atom stereocenters. The molecule has 4 aromatic rings. The summed E-state index contributed by atoms with van der Waals surface area (Å²) < 4.78 is 30.3. The van der Waals surface area contributed by atoms with Gasteiger partial charge in [0, 0.05) is 24.3 Å². The van der Waals surface area contributed by atoms with Gasteiger partial charge in [-0.15, -0.1) is 0 Å². The minimum absolute atomic E-state index is 0.171. The quantitative estimate of drug-likeness (QED) is 0.388. The van der Waals surface area contributed by atoms with Crippen LogP contribution < -0.4 is 14.2 Å². The molecule has 0 saturated heterocycles. The molecule has 178 valence electrons. The fourth-order valence-electron chi connectivity index (χ4n) is 4.15. The molecule has 1 N–H and O–H groups in total. The van der Waals surface area contributed by atoms with Crippen LogP contribution in [0.2, 0.25) is 0 Å². The van der Waals surface area contributed by atoms with E-state index in [1.165, 1.54) is 21.3 Å². The molecule has 0 spiro atoms. The van der Waals surface area contributed by atoms with Gasteiger partial charge in [0.15, 0.2) is 0 Å². The summed E-state index contributed by atoms with van der Waals surface area (Å²) in [4.78, 5) is 17.5. The molecule has 1 unspecified atom stereocenters. The molecular weight excluding hydrogens is 470 g/mol. The van der Waals surface area contributed by atoms with Crippen LogP contribution in [0.5, 0.6) is 17.4 Å². The van der Waals surface area contributed by atoms with Gasteiger partial charge in [0.25, 0.3) is 5.79 Å². The monoisotopic (exact) mass is 491 g/mol. The van der Waals surface area contributed by atoms with Gasteiger partial charge >= 0.3 is 5.97 Å². The number of nitrogens with zero attached hydrogens (tertiary/aromatic N) is 3. The Kier molecular flexibility index (Phi) is 5.83. The van der Waals surface area contributed by atoms with Gasteiger partial charge in [-0.1, -0.05) is 6.07 Å². The van der Waals surface area contributed by atoms with Crippen molar-refractivity contribution < 1.29 is 28.8 Å². The Labute approximate surface area is 204 Å². The zero-order valence-electron chi connectivity index (χ0n) is 19.1. The van der Waals surface area contributed by atoms with Gasteiger partial charge in [-0.2, -0.15) is 8.75 Å². The van der Waals surface area contributed by atoms with Crippen molar-refractivity contribution in [1.29, 1.82) is 0 Å². The average molecular weight is 492 g/mol. The zero-order chi connectivity index (χ0) is 24.6. The molecule has 0 fully saturated rings. The minimum atomic E-state index is -2.11. The predicted octanol–water partition coefficient (Wildman–Crippen LogP) is 3.51. The molecule has 1 aliphatic rings.